The van der Waals surface area contributed by atoms with E-state index in [1.165, 1.54) is 23.1 Å². The topological polar surface area (TPSA) is 46.5 Å². The van der Waals surface area contributed by atoms with Crippen molar-refractivity contribution in [1.29, 1.82) is 0 Å². The van der Waals surface area contributed by atoms with Crippen molar-refractivity contribution < 1.29 is 14.6 Å². The van der Waals surface area contributed by atoms with Crippen LogP contribution in [0.15, 0.2) is 66.2 Å². The van der Waals surface area contributed by atoms with Crippen molar-refractivity contribution in [2.45, 2.75) is 104 Å². The van der Waals surface area contributed by atoms with Gasteiger partial charge >= 0.3 is 0 Å². The van der Waals surface area contributed by atoms with E-state index in [0.29, 0.717) is 43.0 Å². The molecule has 1 N–H and O–H groups in total. The van der Waals surface area contributed by atoms with Crippen LogP contribution in [0.25, 0.3) is 0 Å². The van der Waals surface area contributed by atoms with E-state index < -0.39 is 5.79 Å². The van der Waals surface area contributed by atoms with E-state index in [-0.39, 0.29) is 16.2 Å². The van der Waals surface area contributed by atoms with E-state index in [1.807, 2.05) is 6.92 Å². The van der Waals surface area contributed by atoms with Crippen LogP contribution in [0.3, 0.4) is 0 Å². The van der Waals surface area contributed by atoms with Crippen LogP contribution in [0.5, 0.6) is 0 Å². The van der Waals surface area contributed by atoms with Crippen LogP contribution < -0.4 is 0 Å². The molecule has 0 heterocycles. The quantitative estimate of drug-likeness (QED) is 0.284. The summed E-state index contributed by atoms with van der Waals surface area (Å²) < 4.78 is 6.23. The van der Waals surface area contributed by atoms with Crippen molar-refractivity contribution >= 4 is 5.78 Å². The van der Waals surface area contributed by atoms with Gasteiger partial charge in [0.05, 0.1) is 6.61 Å². The highest BCUT2D eigenvalue weighted by molar-refractivity contribution is 5.84. The number of carbonyl (C=O) groups excluding carboxylic acids is 1. The minimum atomic E-state index is -1.09. The lowest BCUT2D eigenvalue weighted by Crippen LogP contribution is -2.55. The van der Waals surface area contributed by atoms with Crippen LogP contribution in [0.2, 0.25) is 0 Å². The number of ketones is 1. The molecule has 3 nitrogen and oxygen atoms in total. The zero-order chi connectivity index (χ0) is 28.2. The molecule has 214 valence electrons. The molecule has 0 spiro atoms. The molecular formula is C37H48O3. The number of fused-ring (bicyclic) bond motifs is 5. The number of allylic oxidation sites excluding steroid dienone is 1. The van der Waals surface area contributed by atoms with E-state index in [2.05, 4.69) is 81.4 Å². The van der Waals surface area contributed by atoms with Gasteiger partial charge < -0.3 is 9.84 Å². The average molecular weight is 541 g/mol. The summed E-state index contributed by atoms with van der Waals surface area (Å²) in [5.74, 6) is 1.13. The first kappa shape index (κ1) is 27.9. The first-order valence-corrected chi connectivity index (χ1v) is 15.8. The lowest BCUT2D eigenvalue weighted by molar-refractivity contribution is -0.231. The molecule has 0 saturated heterocycles. The van der Waals surface area contributed by atoms with Gasteiger partial charge in [0.1, 0.15) is 5.78 Å². The van der Waals surface area contributed by atoms with Crippen LogP contribution in [-0.4, -0.2) is 16.7 Å². The van der Waals surface area contributed by atoms with Gasteiger partial charge in [0.15, 0.2) is 5.79 Å². The monoisotopic (exact) mass is 540 g/mol. The van der Waals surface area contributed by atoms with Gasteiger partial charge in [-0.2, -0.15) is 0 Å². The summed E-state index contributed by atoms with van der Waals surface area (Å²) in [5, 5.41) is 11.5. The molecule has 0 bridgehead atoms. The van der Waals surface area contributed by atoms with E-state index >= 15 is 0 Å². The zero-order valence-corrected chi connectivity index (χ0v) is 25.0. The van der Waals surface area contributed by atoms with E-state index in [1.54, 1.807) is 0 Å². The maximum Gasteiger partial charge on any atom is 0.169 e. The lowest BCUT2D eigenvalue weighted by Gasteiger charge is -2.60. The number of hydrogen-bond donors (Lipinski definition) is 1. The van der Waals surface area contributed by atoms with Crippen molar-refractivity contribution in [3.05, 3.63) is 82.9 Å². The number of aryl methyl sites for hydroxylation is 1. The molecule has 3 fully saturated rings. The van der Waals surface area contributed by atoms with Gasteiger partial charge in [-0.25, -0.2) is 0 Å². The second-order valence-electron chi connectivity index (χ2n) is 14.1. The van der Waals surface area contributed by atoms with Crippen LogP contribution >= 0.6 is 0 Å². The maximum absolute atomic E-state index is 13.5. The molecule has 0 aliphatic heterocycles. The Kier molecular flexibility index (Phi) is 7.15. The Morgan fingerprint density at radius 1 is 0.900 bits per heavy atom. The number of rotatable bonds is 7. The molecule has 3 saturated carbocycles. The molecule has 2 aromatic carbocycles. The summed E-state index contributed by atoms with van der Waals surface area (Å²) in [6.07, 6.45) is 12.2. The van der Waals surface area contributed by atoms with Crippen LogP contribution in [0.1, 0.15) is 95.8 Å². The highest BCUT2D eigenvalue weighted by Crippen LogP contribution is 2.70. The first-order valence-electron chi connectivity index (χ1n) is 15.8. The van der Waals surface area contributed by atoms with Crippen molar-refractivity contribution in [2.24, 2.45) is 34.0 Å². The molecule has 7 atom stereocenters. The number of ether oxygens (including phenoxy) is 1. The van der Waals surface area contributed by atoms with Crippen molar-refractivity contribution in [1.82, 2.24) is 0 Å². The molecule has 0 amide bonds. The smallest absolute Gasteiger partial charge is 0.169 e. The Morgan fingerprint density at radius 3 is 2.30 bits per heavy atom. The normalized spacial score (nSPS) is 38.6. The Bertz CT molecular complexity index is 1260. The predicted octanol–water partition coefficient (Wildman–Crippen LogP) is 8.24. The third-order valence-electron chi connectivity index (χ3n) is 12.5. The fourth-order valence-corrected chi connectivity index (χ4v) is 9.90. The third kappa shape index (κ3) is 4.43. The van der Waals surface area contributed by atoms with Crippen LogP contribution in [0, 0.1) is 34.0 Å². The van der Waals surface area contributed by atoms with Gasteiger partial charge in [0, 0.05) is 18.3 Å². The van der Waals surface area contributed by atoms with Gasteiger partial charge in [-0.15, -0.1) is 0 Å². The molecule has 0 aromatic heterocycles. The molecule has 0 radical (unpaired) electrons. The predicted molar refractivity (Wildman–Crippen MR) is 161 cm³/mol. The first-order chi connectivity index (χ1) is 19.1. The minimum Gasteiger partial charge on any atom is -0.365 e. The molecular weight excluding hydrogens is 492 g/mol. The Morgan fingerprint density at radius 2 is 1.60 bits per heavy atom. The molecule has 40 heavy (non-hydrogen) atoms. The summed E-state index contributed by atoms with van der Waals surface area (Å²) >= 11 is 0. The standard InChI is InChI=1S/C37H48O3/c1-5-27-11-13-29(14-12-27)25-40-37(39)22-21-34(3)30(24-37)15-16-31-32(34)17-19-35(4)33(31)18-20-36(35,26(2)38)23-28-9-7-6-8-10-28/h6-15,31-33,39H,5,16-25H2,1-4H3. The zero-order valence-electron chi connectivity index (χ0n) is 25.0. The Labute approximate surface area is 241 Å². The van der Waals surface area contributed by atoms with Crippen LogP contribution in [-0.2, 0) is 29.0 Å². The number of hydrogen-bond acceptors (Lipinski definition) is 3. The molecule has 4 aliphatic carbocycles. The maximum atomic E-state index is 13.5. The third-order valence-corrected chi connectivity index (χ3v) is 12.5. The average Bonchev–Trinajstić information content (AvgIpc) is 3.26. The Balaban J connectivity index is 1.20. The SMILES string of the molecule is CCc1ccc(COC2(O)CCC3(C)C(=CCC4C3CCC3(C)C4CCC3(Cc3ccccc3)C(C)=O)C2)cc1. The highest BCUT2D eigenvalue weighted by atomic mass is 16.6. The lowest BCUT2D eigenvalue weighted by atomic mass is 9.44. The molecule has 7 unspecified atom stereocenters. The number of Topliss-reactive ketones (excluding diaryl/α,β-unsaturated/α-hetero) is 1. The second kappa shape index (κ2) is 10.2. The van der Waals surface area contributed by atoms with E-state index in [0.717, 1.165) is 50.5 Å². The van der Waals surface area contributed by atoms with Gasteiger partial charge in [0.25, 0.3) is 0 Å². The number of benzene rings is 2. The fraction of sp³-hybridized carbons (Fsp3) is 0.595. The van der Waals surface area contributed by atoms with Crippen LogP contribution in [0.4, 0.5) is 0 Å². The Hall–Kier alpha value is -2.23. The number of carbonyl (C=O) groups is 1. The van der Waals surface area contributed by atoms with Crippen molar-refractivity contribution in [2.75, 3.05) is 0 Å². The second-order valence-corrected chi connectivity index (χ2v) is 14.1. The fourth-order valence-electron chi connectivity index (χ4n) is 9.90. The number of aliphatic hydroxyl groups is 1. The van der Waals surface area contributed by atoms with Gasteiger partial charge in [-0.1, -0.05) is 87.0 Å². The summed E-state index contributed by atoms with van der Waals surface area (Å²) in [4.78, 5) is 13.5. The summed E-state index contributed by atoms with van der Waals surface area (Å²) in [7, 11) is 0. The van der Waals surface area contributed by atoms with Gasteiger partial charge in [-0.05, 0) is 104 Å². The summed E-state index contributed by atoms with van der Waals surface area (Å²) in [5.41, 5.74) is 5.05. The summed E-state index contributed by atoms with van der Waals surface area (Å²) in [6.45, 7) is 9.42. The molecule has 3 heteroatoms. The summed E-state index contributed by atoms with van der Waals surface area (Å²) in [6, 6.07) is 19.3. The van der Waals surface area contributed by atoms with E-state index in [4.69, 9.17) is 4.74 Å². The highest BCUT2D eigenvalue weighted by Gasteiger charge is 2.65. The van der Waals surface area contributed by atoms with Crippen molar-refractivity contribution in [3.8, 4) is 0 Å². The largest absolute Gasteiger partial charge is 0.365 e. The molecule has 6 rings (SSSR count). The minimum absolute atomic E-state index is 0.0450. The molecule has 2 aromatic rings. The molecule has 4 aliphatic rings. The van der Waals surface area contributed by atoms with Crippen molar-refractivity contribution in [3.63, 3.8) is 0 Å². The van der Waals surface area contributed by atoms with Gasteiger partial charge in [-0.3, -0.25) is 4.79 Å². The van der Waals surface area contributed by atoms with Gasteiger partial charge in [0.2, 0.25) is 0 Å². The van der Waals surface area contributed by atoms with E-state index in [9.17, 15) is 9.90 Å².